The molecule has 0 radical (unpaired) electrons. The van der Waals surface area contributed by atoms with Crippen molar-refractivity contribution in [1.82, 2.24) is 9.13 Å². The minimum atomic E-state index is -2.36. The number of rotatable bonds is 2. The number of benzene rings is 1. The van der Waals surface area contributed by atoms with Crippen LogP contribution in [0.3, 0.4) is 0 Å². The predicted molar refractivity (Wildman–Crippen MR) is 72.1 cm³/mol. The van der Waals surface area contributed by atoms with Crippen molar-refractivity contribution in [2.45, 2.75) is 0 Å². The number of hydrogen-bond acceptors (Lipinski definition) is 4. The van der Waals surface area contributed by atoms with Gasteiger partial charge in [0.15, 0.2) is 23.3 Å². The number of aliphatic imine (C=N–C) groups is 1. The van der Waals surface area contributed by atoms with Crippen LogP contribution >= 0.6 is 0 Å². The summed E-state index contributed by atoms with van der Waals surface area (Å²) in [7, 11) is 2.15. The maximum absolute atomic E-state index is 13.5. The van der Waals surface area contributed by atoms with Gasteiger partial charge in [-0.25, -0.2) is 31.7 Å². The Morgan fingerprint density at radius 3 is 1.83 bits per heavy atom. The topological polar surface area (TPSA) is 76.6 Å². The van der Waals surface area contributed by atoms with E-state index in [2.05, 4.69) is 4.99 Å². The third kappa shape index (κ3) is 2.47. The van der Waals surface area contributed by atoms with Crippen LogP contribution in [0.25, 0.3) is 0 Å². The normalized spacial score (nSPS) is 11.5. The second-order valence-corrected chi connectivity index (χ2v) is 4.62. The second-order valence-electron chi connectivity index (χ2n) is 4.62. The molecule has 1 heterocycles. The zero-order valence-corrected chi connectivity index (χ0v) is 12.1. The fraction of sp³-hybridized carbons (Fsp3) is 0.154. The van der Waals surface area contributed by atoms with E-state index in [0.29, 0.717) is 15.3 Å². The fourth-order valence-corrected chi connectivity index (χ4v) is 1.81. The molecule has 2 rings (SSSR count). The Morgan fingerprint density at radius 2 is 1.33 bits per heavy atom. The lowest BCUT2D eigenvalue weighted by molar-refractivity contribution is 0.381. The van der Waals surface area contributed by atoms with Crippen molar-refractivity contribution in [3.63, 3.8) is 0 Å². The summed E-state index contributed by atoms with van der Waals surface area (Å²) in [5.41, 5.74) is -4.20. The highest BCUT2D eigenvalue weighted by Gasteiger charge is 2.25. The summed E-state index contributed by atoms with van der Waals surface area (Å²) in [6.45, 7) is 0. The third-order valence-electron chi connectivity index (χ3n) is 3.18. The molecule has 0 fully saturated rings. The van der Waals surface area contributed by atoms with Crippen molar-refractivity contribution in [2.75, 3.05) is 0 Å². The molecule has 24 heavy (non-hydrogen) atoms. The van der Waals surface area contributed by atoms with Gasteiger partial charge in [0.2, 0.25) is 11.7 Å². The summed E-state index contributed by atoms with van der Waals surface area (Å²) in [6, 6.07) is 0. The Kier molecular flexibility index (Phi) is 4.28. The molecular formula is C13H8F5N3O3. The molecule has 0 bridgehead atoms. The monoisotopic (exact) mass is 349 g/mol. The molecule has 2 aromatic rings. The van der Waals surface area contributed by atoms with Gasteiger partial charge in [0.05, 0.1) is 0 Å². The summed E-state index contributed by atoms with van der Waals surface area (Å²) in [4.78, 5) is 26.4. The zero-order valence-electron chi connectivity index (χ0n) is 12.1. The molecule has 11 heteroatoms. The fourth-order valence-electron chi connectivity index (χ4n) is 1.81. The van der Waals surface area contributed by atoms with Gasteiger partial charge in [-0.2, -0.15) is 0 Å². The highest BCUT2D eigenvalue weighted by molar-refractivity contribution is 5.84. The average Bonchev–Trinajstić information content (AvgIpc) is 2.57. The van der Waals surface area contributed by atoms with Gasteiger partial charge in [0, 0.05) is 20.3 Å². The van der Waals surface area contributed by atoms with Crippen LogP contribution in [0.2, 0.25) is 0 Å². The van der Waals surface area contributed by atoms with Gasteiger partial charge in [0.1, 0.15) is 11.3 Å². The van der Waals surface area contributed by atoms with Crippen LogP contribution in [-0.2, 0) is 14.1 Å². The molecule has 0 amide bonds. The van der Waals surface area contributed by atoms with E-state index in [1.807, 2.05) is 0 Å². The van der Waals surface area contributed by atoms with Crippen molar-refractivity contribution in [2.24, 2.45) is 19.1 Å². The molecule has 0 aliphatic heterocycles. The molecule has 0 saturated carbocycles. The van der Waals surface area contributed by atoms with Crippen molar-refractivity contribution < 1.29 is 27.1 Å². The SMILES string of the molecule is Cn1c(O)c(C=Nc2c(F)c(F)c(F)c(F)c2F)c(=O)n(C)c1=O. The zero-order chi connectivity index (χ0) is 18.3. The Labute approximate surface area is 129 Å². The summed E-state index contributed by atoms with van der Waals surface area (Å²) in [6.07, 6.45) is 0.398. The van der Waals surface area contributed by atoms with E-state index in [1.165, 1.54) is 0 Å². The third-order valence-corrected chi connectivity index (χ3v) is 3.18. The summed E-state index contributed by atoms with van der Waals surface area (Å²) in [5, 5.41) is 9.72. The Hall–Kier alpha value is -2.98. The van der Waals surface area contributed by atoms with Crippen molar-refractivity contribution in [3.05, 3.63) is 55.5 Å². The Balaban J connectivity index is 2.72. The number of aromatic hydroxyl groups is 1. The first-order valence-corrected chi connectivity index (χ1v) is 6.14. The lowest BCUT2D eigenvalue weighted by atomic mass is 10.2. The molecule has 6 nitrogen and oxygen atoms in total. The van der Waals surface area contributed by atoms with E-state index < -0.39 is 57.5 Å². The molecule has 0 spiro atoms. The van der Waals surface area contributed by atoms with E-state index in [-0.39, 0.29) is 0 Å². The largest absolute Gasteiger partial charge is 0.494 e. The number of aromatic nitrogens is 2. The molecular weight excluding hydrogens is 341 g/mol. The Morgan fingerprint density at radius 1 is 0.875 bits per heavy atom. The first-order chi connectivity index (χ1) is 11.1. The van der Waals surface area contributed by atoms with Gasteiger partial charge in [0.25, 0.3) is 5.56 Å². The molecule has 1 aromatic heterocycles. The lowest BCUT2D eigenvalue weighted by Gasteiger charge is -2.07. The van der Waals surface area contributed by atoms with E-state index in [0.717, 1.165) is 14.1 Å². The molecule has 0 saturated heterocycles. The first-order valence-electron chi connectivity index (χ1n) is 6.14. The molecule has 1 N–H and O–H groups in total. The maximum Gasteiger partial charge on any atom is 0.333 e. The molecule has 1 aromatic carbocycles. The first kappa shape index (κ1) is 17.4. The molecule has 0 atom stereocenters. The number of nitrogens with zero attached hydrogens (tertiary/aromatic N) is 3. The predicted octanol–water partition coefficient (Wildman–Crippen LogP) is 1.24. The summed E-state index contributed by atoms with van der Waals surface area (Å²) < 4.78 is 67.2. The van der Waals surface area contributed by atoms with Gasteiger partial charge in [-0.3, -0.25) is 13.9 Å². The Bertz CT molecular complexity index is 965. The summed E-state index contributed by atoms with van der Waals surface area (Å²) >= 11 is 0. The quantitative estimate of drug-likeness (QED) is 0.384. The molecule has 0 aliphatic carbocycles. The molecule has 128 valence electrons. The summed E-state index contributed by atoms with van der Waals surface area (Å²) in [5.74, 6) is -12.1. The van der Waals surface area contributed by atoms with E-state index >= 15 is 0 Å². The van der Waals surface area contributed by atoms with E-state index in [1.54, 1.807) is 0 Å². The standard InChI is InChI=1S/C13H8F5N3O3/c1-20-11(22)4(12(23)21(2)13(20)24)3-19-10-8(17)6(15)5(14)7(16)9(10)18/h3,22H,1-2H3. The van der Waals surface area contributed by atoms with Crippen molar-refractivity contribution >= 4 is 11.9 Å². The van der Waals surface area contributed by atoms with E-state index in [4.69, 9.17) is 0 Å². The lowest BCUT2D eigenvalue weighted by Crippen LogP contribution is -2.38. The van der Waals surface area contributed by atoms with Gasteiger partial charge in [-0.15, -0.1) is 0 Å². The highest BCUT2D eigenvalue weighted by atomic mass is 19.2. The van der Waals surface area contributed by atoms with Crippen molar-refractivity contribution in [3.8, 4) is 5.88 Å². The van der Waals surface area contributed by atoms with Gasteiger partial charge in [-0.1, -0.05) is 0 Å². The van der Waals surface area contributed by atoms with Crippen LogP contribution < -0.4 is 11.2 Å². The average molecular weight is 349 g/mol. The van der Waals surface area contributed by atoms with Gasteiger partial charge < -0.3 is 5.11 Å². The van der Waals surface area contributed by atoms with Gasteiger partial charge in [-0.05, 0) is 0 Å². The second kappa shape index (κ2) is 5.91. The van der Waals surface area contributed by atoms with E-state index in [9.17, 15) is 36.6 Å². The molecule has 0 aliphatic rings. The smallest absolute Gasteiger partial charge is 0.333 e. The van der Waals surface area contributed by atoms with Crippen LogP contribution in [0.15, 0.2) is 14.6 Å². The van der Waals surface area contributed by atoms with Crippen LogP contribution in [0.5, 0.6) is 5.88 Å². The van der Waals surface area contributed by atoms with Crippen molar-refractivity contribution in [1.29, 1.82) is 0 Å². The van der Waals surface area contributed by atoms with Crippen LogP contribution in [0.1, 0.15) is 5.56 Å². The maximum atomic E-state index is 13.5. The highest BCUT2D eigenvalue weighted by Crippen LogP contribution is 2.29. The molecule has 0 unspecified atom stereocenters. The van der Waals surface area contributed by atoms with Crippen LogP contribution in [-0.4, -0.2) is 20.5 Å². The van der Waals surface area contributed by atoms with Gasteiger partial charge >= 0.3 is 5.69 Å². The van der Waals surface area contributed by atoms with Crippen LogP contribution in [0, 0.1) is 29.1 Å². The minimum absolute atomic E-state index is 0.398. The van der Waals surface area contributed by atoms with Crippen LogP contribution in [0.4, 0.5) is 27.6 Å². The minimum Gasteiger partial charge on any atom is -0.494 e. The number of hydrogen-bond donors (Lipinski definition) is 1. The number of halogens is 5.